The first-order chi connectivity index (χ1) is 14.8. The van der Waals surface area contributed by atoms with Crippen molar-refractivity contribution in [3.63, 3.8) is 0 Å². The van der Waals surface area contributed by atoms with E-state index >= 15 is 0 Å². The first-order valence-electron chi connectivity index (χ1n) is 9.55. The third-order valence-corrected chi connectivity index (χ3v) is 5.00. The monoisotopic (exact) mass is 429 g/mol. The molecule has 3 aromatic rings. The maximum Gasteiger partial charge on any atom is 0.417 e. The van der Waals surface area contributed by atoms with Crippen LogP contribution in [0.25, 0.3) is 11.1 Å². The number of pyridine rings is 2. The number of nitrogens with zero attached hydrogens (tertiary/aromatic N) is 3. The molecular weight excluding hydrogens is 411 g/mol. The molecule has 1 N–H and O–H groups in total. The van der Waals surface area contributed by atoms with E-state index in [-0.39, 0.29) is 17.5 Å². The highest BCUT2D eigenvalue weighted by atomic mass is 19.4. The summed E-state index contributed by atoms with van der Waals surface area (Å²) in [7, 11) is 0. The molecule has 0 bridgehead atoms. The van der Waals surface area contributed by atoms with Crippen LogP contribution in [0.15, 0.2) is 60.9 Å². The van der Waals surface area contributed by atoms with Crippen molar-refractivity contribution in [2.45, 2.75) is 18.7 Å². The zero-order valence-electron chi connectivity index (χ0n) is 16.2. The number of hydrogen-bond acceptors (Lipinski definition) is 5. The number of benzene rings is 1. The molecule has 3 heterocycles. The summed E-state index contributed by atoms with van der Waals surface area (Å²) in [5.74, 6) is -0.668. The van der Waals surface area contributed by atoms with Gasteiger partial charge in [-0.15, -0.1) is 0 Å². The molecule has 4 rings (SSSR count). The van der Waals surface area contributed by atoms with Crippen molar-refractivity contribution < 1.29 is 27.8 Å². The van der Waals surface area contributed by atoms with Gasteiger partial charge in [-0.05, 0) is 17.7 Å². The zero-order chi connectivity index (χ0) is 22.0. The largest absolute Gasteiger partial charge is 0.478 e. The topological polar surface area (TPSA) is 75.5 Å². The Balaban J connectivity index is 1.49. The highest BCUT2D eigenvalue weighted by Crippen LogP contribution is 2.31. The van der Waals surface area contributed by atoms with Crippen molar-refractivity contribution in [2.75, 3.05) is 18.0 Å². The molecule has 0 radical (unpaired) electrons. The summed E-state index contributed by atoms with van der Waals surface area (Å²) in [4.78, 5) is 21.8. The number of alkyl halides is 3. The highest BCUT2D eigenvalue weighted by Gasteiger charge is 2.32. The van der Waals surface area contributed by atoms with Gasteiger partial charge in [0.1, 0.15) is 17.5 Å². The molecule has 1 aliphatic heterocycles. The van der Waals surface area contributed by atoms with E-state index in [4.69, 9.17) is 4.74 Å². The van der Waals surface area contributed by atoms with Crippen LogP contribution in [0.2, 0.25) is 0 Å². The summed E-state index contributed by atoms with van der Waals surface area (Å²) in [6, 6.07) is 13.0. The molecule has 0 saturated carbocycles. The average Bonchev–Trinajstić information content (AvgIpc) is 3.22. The molecule has 9 heteroatoms. The predicted molar refractivity (Wildman–Crippen MR) is 107 cm³/mol. The van der Waals surface area contributed by atoms with Gasteiger partial charge in [0, 0.05) is 37.0 Å². The van der Waals surface area contributed by atoms with Crippen LogP contribution in [0.1, 0.15) is 22.3 Å². The number of hydrogen-bond donors (Lipinski definition) is 1. The lowest BCUT2D eigenvalue weighted by Crippen LogP contribution is -2.27. The zero-order valence-corrected chi connectivity index (χ0v) is 16.2. The number of anilines is 1. The first-order valence-corrected chi connectivity index (χ1v) is 9.55. The second kappa shape index (κ2) is 8.25. The van der Waals surface area contributed by atoms with Gasteiger partial charge in [0.05, 0.1) is 12.1 Å². The number of halogens is 3. The van der Waals surface area contributed by atoms with Crippen LogP contribution < -0.4 is 9.64 Å². The van der Waals surface area contributed by atoms with Gasteiger partial charge in [-0.1, -0.05) is 30.3 Å². The predicted octanol–water partition coefficient (Wildman–Crippen LogP) is 4.52. The lowest BCUT2D eigenvalue weighted by Gasteiger charge is -2.20. The Morgan fingerprint density at radius 3 is 2.48 bits per heavy atom. The normalized spacial score (nSPS) is 16.4. The SMILES string of the molecule is O=C(O)c1cc(-c2ccccc2)cnc1N1CCC(Oc2ccc(C(F)(F)F)cn2)C1. The van der Waals surface area contributed by atoms with Crippen LogP contribution in [0.4, 0.5) is 19.0 Å². The molecule has 1 aromatic carbocycles. The minimum absolute atomic E-state index is 0.0784. The molecule has 1 fully saturated rings. The number of carbonyl (C=O) groups is 1. The summed E-state index contributed by atoms with van der Waals surface area (Å²) in [5.41, 5.74) is 0.791. The van der Waals surface area contributed by atoms with Crippen LogP contribution >= 0.6 is 0 Å². The van der Waals surface area contributed by atoms with Gasteiger partial charge < -0.3 is 14.7 Å². The van der Waals surface area contributed by atoms with Crippen molar-refractivity contribution in [1.29, 1.82) is 0 Å². The smallest absolute Gasteiger partial charge is 0.417 e. The van der Waals surface area contributed by atoms with E-state index in [1.807, 2.05) is 30.3 Å². The first kappa shape index (κ1) is 20.6. The third-order valence-electron chi connectivity index (χ3n) is 5.00. The van der Waals surface area contributed by atoms with E-state index in [1.165, 1.54) is 6.07 Å². The van der Waals surface area contributed by atoms with Gasteiger partial charge in [-0.2, -0.15) is 13.2 Å². The Hall–Kier alpha value is -3.62. The number of carboxylic acid groups (broad SMARTS) is 1. The molecule has 1 atom stereocenters. The molecule has 0 amide bonds. The van der Waals surface area contributed by atoms with E-state index in [9.17, 15) is 23.1 Å². The Kier molecular flexibility index (Phi) is 5.50. The maximum atomic E-state index is 12.7. The molecule has 0 spiro atoms. The summed E-state index contributed by atoms with van der Waals surface area (Å²) in [6.45, 7) is 0.851. The van der Waals surface area contributed by atoms with Crippen LogP contribution in [0.3, 0.4) is 0 Å². The minimum atomic E-state index is -4.46. The Labute approximate surface area is 175 Å². The number of aromatic carboxylic acids is 1. The van der Waals surface area contributed by atoms with E-state index in [0.29, 0.717) is 30.9 Å². The number of rotatable bonds is 5. The van der Waals surface area contributed by atoms with Crippen LogP contribution in [-0.2, 0) is 6.18 Å². The average molecular weight is 429 g/mol. The lowest BCUT2D eigenvalue weighted by molar-refractivity contribution is -0.137. The number of carboxylic acids is 1. The molecule has 1 aliphatic rings. The highest BCUT2D eigenvalue weighted by molar-refractivity contribution is 5.95. The van der Waals surface area contributed by atoms with Crippen LogP contribution in [0.5, 0.6) is 5.88 Å². The molecule has 31 heavy (non-hydrogen) atoms. The van der Waals surface area contributed by atoms with Gasteiger partial charge in [0.2, 0.25) is 5.88 Å². The van der Waals surface area contributed by atoms with E-state index < -0.39 is 17.7 Å². The summed E-state index contributed by atoms with van der Waals surface area (Å²) in [5, 5.41) is 9.69. The Morgan fingerprint density at radius 1 is 1.06 bits per heavy atom. The summed E-state index contributed by atoms with van der Waals surface area (Å²) < 4.78 is 43.7. The standard InChI is InChI=1S/C22H18F3N3O3/c23-22(24,25)16-6-7-19(26-12-16)31-17-8-9-28(13-17)20-18(21(29)30)10-15(11-27-20)14-4-2-1-3-5-14/h1-7,10-12,17H,8-9,13H2,(H,29,30). The fourth-order valence-electron chi connectivity index (χ4n) is 3.46. The van der Waals surface area contributed by atoms with E-state index in [1.54, 1.807) is 17.2 Å². The summed E-state index contributed by atoms with van der Waals surface area (Å²) in [6.07, 6.45) is -1.89. The van der Waals surface area contributed by atoms with E-state index in [0.717, 1.165) is 17.8 Å². The molecule has 2 aromatic heterocycles. The van der Waals surface area contributed by atoms with Crippen LogP contribution in [0, 0.1) is 0 Å². The molecule has 0 aliphatic carbocycles. The van der Waals surface area contributed by atoms with Crippen LogP contribution in [-0.4, -0.2) is 40.2 Å². The molecule has 6 nitrogen and oxygen atoms in total. The van der Waals surface area contributed by atoms with Gasteiger partial charge in [0.25, 0.3) is 0 Å². The Morgan fingerprint density at radius 2 is 1.84 bits per heavy atom. The van der Waals surface area contributed by atoms with E-state index in [2.05, 4.69) is 9.97 Å². The molecule has 1 saturated heterocycles. The van der Waals surface area contributed by atoms with Crippen molar-refractivity contribution in [1.82, 2.24) is 9.97 Å². The maximum absolute atomic E-state index is 12.7. The van der Waals surface area contributed by atoms with Gasteiger partial charge >= 0.3 is 12.1 Å². The second-order valence-electron chi connectivity index (χ2n) is 7.12. The number of ether oxygens (including phenoxy) is 1. The second-order valence-corrected chi connectivity index (χ2v) is 7.12. The fourth-order valence-corrected chi connectivity index (χ4v) is 3.46. The number of aromatic nitrogens is 2. The molecular formula is C22H18F3N3O3. The van der Waals surface area contributed by atoms with Gasteiger partial charge in [0.15, 0.2) is 0 Å². The Bertz CT molecular complexity index is 1070. The van der Waals surface area contributed by atoms with Crippen molar-refractivity contribution >= 4 is 11.8 Å². The molecule has 1 unspecified atom stereocenters. The lowest BCUT2D eigenvalue weighted by atomic mass is 10.1. The summed E-state index contributed by atoms with van der Waals surface area (Å²) >= 11 is 0. The minimum Gasteiger partial charge on any atom is -0.478 e. The quantitative estimate of drug-likeness (QED) is 0.643. The van der Waals surface area contributed by atoms with Crippen molar-refractivity contribution in [3.8, 4) is 17.0 Å². The van der Waals surface area contributed by atoms with Gasteiger partial charge in [-0.3, -0.25) is 0 Å². The van der Waals surface area contributed by atoms with Crippen molar-refractivity contribution in [2.24, 2.45) is 0 Å². The fraction of sp³-hybridized carbons (Fsp3) is 0.227. The van der Waals surface area contributed by atoms with Gasteiger partial charge in [-0.25, -0.2) is 14.8 Å². The third kappa shape index (κ3) is 4.60. The van der Waals surface area contributed by atoms with Crippen molar-refractivity contribution in [3.05, 3.63) is 72.1 Å². The molecule has 160 valence electrons.